The summed E-state index contributed by atoms with van der Waals surface area (Å²) in [6.45, 7) is 16.1. The van der Waals surface area contributed by atoms with Gasteiger partial charge < -0.3 is 5.11 Å². The zero-order valence-corrected chi connectivity index (χ0v) is 23.7. The van der Waals surface area contributed by atoms with Crippen molar-refractivity contribution in [1.82, 2.24) is 0 Å². The Kier molecular flexibility index (Phi) is 5.65. The molecule has 0 spiro atoms. The van der Waals surface area contributed by atoms with Gasteiger partial charge in [-0.1, -0.05) is 54.5 Å². The van der Waals surface area contributed by atoms with E-state index in [9.17, 15) is 20.0 Å². The van der Waals surface area contributed by atoms with Crippen LogP contribution in [0.15, 0.2) is 11.6 Å². The van der Waals surface area contributed by atoms with Crippen LogP contribution in [0.1, 0.15) is 106 Å². The van der Waals surface area contributed by atoms with Crippen molar-refractivity contribution in [2.75, 3.05) is 6.61 Å². The first kappa shape index (κ1) is 26.1. The van der Waals surface area contributed by atoms with Crippen LogP contribution in [0.3, 0.4) is 0 Å². The topological polar surface area (TPSA) is 78.2 Å². The Morgan fingerprint density at radius 3 is 2.25 bits per heavy atom. The van der Waals surface area contributed by atoms with Gasteiger partial charge in [0.2, 0.25) is 0 Å². The van der Waals surface area contributed by atoms with E-state index in [0.717, 1.165) is 44.9 Å². The number of hydrogen-bond donors (Lipinski definition) is 1. The lowest BCUT2D eigenvalue weighted by molar-refractivity contribution is -0.224. The minimum absolute atomic E-state index is 0.0295. The van der Waals surface area contributed by atoms with Gasteiger partial charge >= 0.3 is 0 Å². The predicted molar refractivity (Wildman–Crippen MR) is 141 cm³/mol. The van der Waals surface area contributed by atoms with Gasteiger partial charge in [-0.15, -0.1) is 0 Å². The predicted octanol–water partition coefficient (Wildman–Crippen LogP) is 6.67. The van der Waals surface area contributed by atoms with Crippen LogP contribution < -0.4 is 0 Å². The molecule has 0 aromatic carbocycles. The molecule has 0 amide bonds. The van der Waals surface area contributed by atoms with Crippen LogP contribution in [0.5, 0.6) is 0 Å². The van der Waals surface area contributed by atoms with Crippen molar-refractivity contribution in [2.24, 2.45) is 56.2 Å². The van der Waals surface area contributed by atoms with Gasteiger partial charge in [-0.25, -0.2) is 0 Å². The molecule has 0 aliphatic heterocycles. The summed E-state index contributed by atoms with van der Waals surface area (Å²) in [5.74, 6) is 1.03. The molecule has 0 saturated heterocycles. The van der Waals surface area contributed by atoms with E-state index >= 15 is 0 Å². The Morgan fingerprint density at radius 1 is 0.944 bits per heavy atom. The number of rotatable bonds is 2. The smallest absolute Gasteiger partial charge is 0.178 e. The van der Waals surface area contributed by atoms with Crippen LogP contribution in [-0.2, 0) is 9.59 Å². The van der Waals surface area contributed by atoms with Gasteiger partial charge in [0.15, 0.2) is 5.78 Å². The normalized spacial score (nSPS) is 49.0. The van der Waals surface area contributed by atoms with E-state index in [1.807, 2.05) is 19.9 Å². The molecule has 4 heteroatoms. The van der Waals surface area contributed by atoms with E-state index in [2.05, 4.69) is 40.7 Å². The molecule has 36 heavy (non-hydrogen) atoms. The first-order chi connectivity index (χ1) is 16.6. The third kappa shape index (κ3) is 3.14. The minimum atomic E-state index is -0.590. The lowest BCUT2D eigenvalue weighted by Crippen LogP contribution is -2.68. The number of hydrogen-bond acceptors (Lipinski definition) is 4. The van der Waals surface area contributed by atoms with E-state index in [1.165, 1.54) is 6.42 Å². The Labute approximate surface area is 218 Å². The maximum atomic E-state index is 14.4. The van der Waals surface area contributed by atoms with Crippen molar-refractivity contribution >= 4 is 11.6 Å². The van der Waals surface area contributed by atoms with Gasteiger partial charge in [0.25, 0.3) is 0 Å². The van der Waals surface area contributed by atoms with E-state index in [-0.39, 0.29) is 57.2 Å². The molecule has 0 aromatic heterocycles. The molecule has 0 radical (unpaired) electrons. The second-order valence-corrected chi connectivity index (χ2v) is 15.5. The maximum absolute atomic E-state index is 14.4. The van der Waals surface area contributed by atoms with E-state index in [0.29, 0.717) is 23.7 Å². The number of fused-ring (bicyclic) bond motifs is 7. The molecule has 198 valence electrons. The highest BCUT2D eigenvalue weighted by molar-refractivity contribution is 6.04. The van der Waals surface area contributed by atoms with E-state index in [1.54, 1.807) is 0 Å². The van der Waals surface area contributed by atoms with Crippen LogP contribution in [-0.4, -0.2) is 23.3 Å². The zero-order valence-electron chi connectivity index (χ0n) is 23.7. The first-order valence-corrected chi connectivity index (χ1v) is 14.4. The van der Waals surface area contributed by atoms with Crippen molar-refractivity contribution in [3.63, 3.8) is 0 Å². The molecule has 0 bridgehead atoms. The van der Waals surface area contributed by atoms with Crippen molar-refractivity contribution < 1.29 is 14.7 Å². The van der Waals surface area contributed by atoms with Crippen LogP contribution in [0.25, 0.3) is 0 Å². The largest absolute Gasteiger partial charge is 0.396 e. The Bertz CT molecular complexity index is 1060. The monoisotopic (exact) mass is 493 g/mol. The van der Waals surface area contributed by atoms with Gasteiger partial charge in [-0.2, -0.15) is 5.26 Å². The lowest BCUT2D eigenvalue weighted by atomic mass is 9.31. The number of nitrogens with zero attached hydrogens (tertiary/aromatic N) is 1. The minimum Gasteiger partial charge on any atom is -0.396 e. The summed E-state index contributed by atoms with van der Waals surface area (Å²) in [6, 6.07) is 2.22. The summed E-state index contributed by atoms with van der Waals surface area (Å²) >= 11 is 0. The molecule has 1 N–H and O–H groups in total. The number of allylic oxidation sites excluding steroid dienone is 2. The number of ketones is 2. The fourth-order valence-electron chi connectivity index (χ4n) is 11.1. The summed E-state index contributed by atoms with van der Waals surface area (Å²) in [4.78, 5) is 27.6. The molecule has 8 atom stereocenters. The number of nitriles is 1. The van der Waals surface area contributed by atoms with Gasteiger partial charge in [0.1, 0.15) is 11.9 Å². The van der Waals surface area contributed by atoms with Crippen molar-refractivity contribution in [3.8, 4) is 6.07 Å². The van der Waals surface area contributed by atoms with Crippen LogP contribution in [0.4, 0.5) is 0 Å². The molecule has 5 aliphatic carbocycles. The number of carbonyl (C=O) groups is 2. The van der Waals surface area contributed by atoms with Crippen LogP contribution in [0, 0.1) is 67.5 Å². The summed E-state index contributed by atoms with van der Waals surface area (Å²) in [7, 11) is 0. The number of aliphatic hydroxyl groups is 1. The zero-order chi connectivity index (χ0) is 26.5. The van der Waals surface area contributed by atoms with Gasteiger partial charge in [-0.05, 0) is 96.2 Å². The average molecular weight is 494 g/mol. The molecular formula is C32H47NO3. The summed E-state index contributed by atoms with van der Waals surface area (Å²) in [6.07, 6.45) is 10.9. The van der Waals surface area contributed by atoms with Gasteiger partial charge in [-0.3, -0.25) is 9.59 Å². The third-order valence-corrected chi connectivity index (χ3v) is 13.3. The van der Waals surface area contributed by atoms with Crippen molar-refractivity contribution in [2.45, 2.75) is 106 Å². The van der Waals surface area contributed by atoms with Crippen molar-refractivity contribution in [1.29, 1.82) is 5.26 Å². The lowest BCUT2D eigenvalue weighted by Gasteiger charge is -2.72. The highest BCUT2D eigenvalue weighted by Crippen LogP contribution is 2.76. The van der Waals surface area contributed by atoms with Gasteiger partial charge in [0, 0.05) is 24.4 Å². The fourth-order valence-corrected chi connectivity index (χ4v) is 11.1. The quantitative estimate of drug-likeness (QED) is 0.466. The Hall–Kier alpha value is -1.47. The second-order valence-electron chi connectivity index (χ2n) is 15.5. The van der Waals surface area contributed by atoms with Crippen LogP contribution >= 0.6 is 0 Å². The molecular weight excluding hydrogens is 446 g/mol. The average Bonchev–Trinajstić information content (AvgIpc) is 2.79. The Morgan fingerprint density at radius 2 is 1.61 bits per heavy atom. The molecule has 4 nitrogen and oxygen atoms in total. The van der Waals surface area contributed by atoms with Gasteiger partial charge in [0.05, 0.1) is 5.57 Å². The van der Waals surface area contributed by atoms with E-state index < -0.39 is 5.41 Å². The standard InChI is InChI=1S/C32H47NO3/c1-27(2)10-12-32(14-15-34)13-11-31(7)25(21(32)18-27)22(35)16-24-29(5)17-20(19-33)26(36)28(3,4)23(29)8-9-30(24,31)6/h17,21,23-25,34H,8-16,18H2,1-7H3/t21-,23-,24+,25-,29-,30+,31+,32+/m0/s1. The number of carbonyl (C=O) groups excluding carboxylic acids is 2. The summed E-state index contributed by atoms with van der Waals surface area (Å²) < 4.78 is 0. The number of Topliss-reactive ketones (excluding diaryl/α,β-unsaturated/α-hetero) is 2. The molecule has 0 unspecified atom stereocenters. The Balaban J connectivity index is 1.63. The molecule has 5 aliphatic rings. The SMILES string of the molecule is CC1(C)CC[C@]2(CCO)CC[C@]3(C)[C@H](C(=O)C[C@@H]4[C@@]5(C)C=C(C#N)C(=O)C(C)(C)[C@@H]5CC[C@]43C)[C@@H]2C1. The molecule has 4 saturated carbocycles. The fraction of sp³-hybridized carbons (Fsp3) is 0.844. The highest BCUT2D eigenvalue weighted by atomic mass is 16.3. The summed E-state index contributed by atoms with van der Waals surface area (Å²) in [5.41, 5.74) is -0.468. The molecule has 4 fully saturated rings. The maximum Gasteiger partial charge on any atom is 0.178 e. The molecule has 5 rings (SSSR count). The molecule has 0 heterocycles. The molecule has 0 aromatic rings. The van der Waals surface area contributed by atoms with Crippen LogP contribution in [0.2, 0.25) is 0 Å². The second kappa shape index (κ2) is 7.78. The summed E-state index contributed by atoms with van der Waals surface area (Å²) in [5, 5.41) is 20.0. The highest BCUT2D eigenvalue weighted by Gasteiger charge is 2.71. The van der Waals surface area contributed by atoms with Crippen molar-refractivity contribution in [3.05, 3.63) is 11.6 Å². The third-order valence-electron chi connectivity index (χ3n) is 13.3. The first-order valence-electron chi connectivity index (χ1n) is 14.4. The number of aliphatic hydroxyl groups excluding tert-OH is 1. The van der Waals surface area contributed by atoms with E-state index in [4.69, 9.17) is 0 Å².